The number of ether oxygens (including phenoxy) is 1. The second-order valence-corrected chi connectivity index (χ2v) is 5.29. The van der Waals surface area contributed by atoms with E-state index in [9.17, 15) is 8.42 Å². The molecule has 0 aromatic heterocycles. The maximum Gasteiger partial charge on any atom is 0.207 e. The monoisotopic (exact) mass is 230 g/mol. The third-order valence-electron chi connectivity index (χ3n) is 2.11. The van der Waals surface area contributed by atoms with E-state index in [4.69, 9.17) is 9.84 Å². The fraction of sp³-hybridized carbons (Fsp3) is 0.400. The Hall–Kier alpha value is -0.910. The van der Waals surface area contributed by atoms with E-state index >= 15 is 0 Å². The second kappa shape index (κ2) is 4.74. The quantitative estimate of drug-likeness (QED) is 0.828. The summed E-state index contributed by atoms with van der Waals surface area (Å²) < 4.78 is 28.4. The molecule has 1 atom stereocenters. The minimum atomic E-state index is -3.59. The Labute approximate surface area is 89.4 Å². The van der Waals surface area contributed by atoms with Crippen LogP contribution < -0.4 is 0 Å². The third kappa shape index (κ3) is 2.56. The first kappa shape index (κ1) is 12.2. The van der Waals surface area contributed by atoms with E-state index in [-0.39, 0.29) is 4.90 Å². The second-order valence-electron chi connectivity index (χ2n) is 3.21. The molecule has 0 radical (unpaired) electrons. The maximum absolute atomic E-state index is 11.8. The summed E-state index contributed by atoms with van der Waals surface area (Å²) in [4.78, 5) is 0.161. The summed E-state index contributed by atoms with van der Waals surface area (Å²) >= 11 is 0. The summed E-state index contributed by atoms with van der Waals surface area (Å²) in [7, 11) is -2.33. The molecule has 0 saturated heterocycles. The number of aliphatic hydroxyl groups is 1. The highest BCUT2D eigenvalue weighted by atomic mass is 32.2. The zero-order valence-electron chi connectivity index (χ0n) is 8.67. The Balaban J connectivity index is 3.11. The highest BCUT2D eigenvalue weighted by Crippen LogP contribution is 2.16. The molecule has 0 aliphatic rings. The topological polar surface area (TPSA) is 63.6 Å². The summed E-state index contributed by atoms with van der Waals surface area (Å²) in [5, 5.41) is 8.87. The van der Waals surface area contributed by atoms with Crippen molar-refractivity contribution in [2.24, 2.45) is 0 Å². The summed E-state index contributed by atoms with van der Waals surface area (Å²) in [5.41, 5.74) is -0.216. The predicted octanol–water partition coefficient (Wildman–Crippen LogP) is 0.734. The van der Waals surface area contributed by atoms with Crippen LogP contribution in [-0.2, 0) is 14.6 Å². The van der Waals surface area contributed by atoms with Crippen LogP contribution in [0.2, 0.25) is 0 Å². The lowest BCUT2D eigenvalue weighted by Gasteiger charge is -2.13. The Kier molecular flexibility index (Phi) is 3.84. The van der Waals surface area contributed by atoms with Gasteiger partial charge in [-0.3, -0.25) is 0 Å². The number of hydrogen-bond acceptors (Lipinski definition) is 4. The van der Waals surface area contributed by atoms with Crippen LogP contribution in [0.15, 0.2) is 29.2 Å². The van der Waals surface area contributed by atoms with Gasteiger partial charge in [-0.25, -0.2) is 8.42 Å². The molecule has 1 aromatic rings. The molecular formula is C10H14O4S. The van der Waals surface area contributed by atoms with Gasteiger partial charge in [0.2, 0.25) is 9.84 Å². The molecule has 1 aromatic carbocycles. The van der Waals surface area contributed by atoms with Crippen LogP contribution in [-0.4, -0.2) is 32.7 Å². The van der Waals surface area contributed by atoms with Crippen LogP contribution in [0.3, 0.4) is 0 Å². The molecule has 0 saturated carbocycles. The van der Waals surface area contributed by atoms with Crippen LogP contribution in [0.4, 0.5) is 0 Å². The van der Waals surface area contributed by atoms with E-state index in [0.717, 1.165) is 5.56 Å². The zero-order valence-corrected chi connectivity index (χ0v) is 9.49. The molecule has 0 spiro atoms. The van der Waals surface area contributed by atoms with Crippen LogP contribution in [0.1, 0.15) is 5.56 Å². The zero-order chi connectivity index (χ0) is 11.5. The lowest BCUT2D eigenvalue weighted by Crippen LogP contribution is -2.27. The first-order chi connectivity index (χ1) is 7.02. The normalized spacial score (nSPS) is 13.8. The van der Waals surface area contributed by atoms with Crippen LogP contribution in [0.25, 0.3) is 0 Å². The number of benzene rings is 1. The molecule has 1 N–H and O–H groups in total. The summed E-state index contributed by atoms with van der Waals surface area (Å²) in [6.07, 6.45) is 0. The summed E-state index contributed by atoms with van der Waals surface area (Å²) in [5.74, 6) is 0. The molecule has 0 amide bonds. The van der Waals surface area contributed by atoms with Gasteiger partial charge in [0.25, 0.3) is 0 Å². The average molecular weight is 230 g/mol. The van der Waals surface area contributed by atoms with Crippen molar-refractivity contribution >= 4 is 9.84 Å². The summed E-state index contributed by atoms with van der Waals surface area (Å²) in [6, 6.07) is 6.42. The number of methoxy groups -OCH3 is 1. The summed E-state index contributed by atoms with van der Waals surface area (Å²) in [6.45, 7) is 1.32. The maximum atomic E-state index is 11.8. The standard InChI is InChI=1S/C10H14O4S/c1-8-3-5-9(6-4-8)15(12,13)10(7-11)14-2/h3-6,10-11H,7H2,1-2H3. The molecule has 5 heteroatoms. The van der Waals surface area contributed by atoms with Gasteiger partial charge in [-0.05, 0) is 19.1 Å². The molecule has 84 valence electrons. The average Bonchev–Trinajstić information content (AvgIpc) is 2.19. The Morgan fingerprint density at radius 2 is 1.87 bits per heavy atom. The molecule has 0 fully saturated rings. The number of rotatable bonds is 4. The fourth-order valence-electron chi connectivity index (χ4n) is 1.18. The Bertz CT molecular complexity index is 404. The van der Waals surface area contributed by atoms with Crippen molar-refractivity contribution in [1.29, 1.82) is 0 Å². The largest absolute Gasteiger partial charge is 0.393 e. The van der Waals surface area contributed by atoms with Crippen LogP contribution in [0.5, 0.6) is 0 Å². The fourth-order valence-corrected chi connectivity index (χ4v) is 2.45. The van der Waals surface area contributed by atoms with Crippen molar-refractivity contribution in [1.82, 2.24) is 0 Å². The van der Waals surface area contributed by atoms with E-state index in [0.29, 0.717) is 0 Å². The molecule has 1 rings (SSSR count). The molecule has 0 aliphatic carbocycles. The van der Waals surface area contributed by atoms with Gasteiger partial charge in [-0.2, -0.15) is 0 Å². The van der Waals surface area contributed by atoms with E-state index < -0.39 is 21.9 Å². The van der Waals surface area contributed by atoms with Crippen molar-refractivity contribution < 1.29 is 18.3 Å². The Morgan fingerprint density at radius 1 is 1.33 bits per heavy atom. The van der Waals surface area contributed by atoms with Gasteiger partial charge in [0, 0.05) is 7.11 Å². The third-order valence-corrected chi connectivity index (χ3v) is 4.07. The van der Waals surface area contributed by atoms with Gasteiger partial charge < -0.3 is 9.84 Å². The van der Waals surface area contributed by atoms with Crippen molar-refractivity contribution in [3.8, 4) is 0 Å². The SMILES string of the molecule is COC(CO)S(=O)(=O)c1ccc(C)cc1. The highest BCUT2D eigenvalue weighted by molar-refractivity contribution is 7.92. The van der Waals surface area contributed by atoms with E-state index in [1.54, 1.807) is 12.1 Å². The minimum Gasteiger partial charge on any atom is -0.393 e. The lowest BCUT2D eigenvalue weighted by molar-refractivity contribution is 0.103. The van der Waals surface area contributed by atoms with Crippen LogP contribution in [0, 0.1) is 6.92 Å². The van der Waals surface area contributed by atoms with E-state index in [2.05, 4.69) is 0 Å². The minimum absolute atomic E-state index is 0.161. The van der Waals surface area contributed by atoms with Crippen molar-refractivity contribution in [2.75, 3.05) is 13.7 Å². The Morgan fingerprint density at radius 3 is 2.27 bits per heavy atom. The first-order valence-electron chi connectivity index (χ1n) is 4.46. The molecule has 0 aliphatic heterocycles. The number of hydrogen-bond donors (Lipinski definition) is 1. The number of aryl methyl sites for hydroxylation is 1. The van der Waals surface area contributed by atoms with Gasteiger partial charge in [0.05, 0.1) is 11.5 Å². The molecule has 15 heavy (non-hydrogen) atoms. The van der Waals surface area contributed by atoms with Gasteiger partial charge in [-0.1, -0.05) is 17.7 Å². The molecule has 1 unspecified atom stereocenters. The van der Waals surface area contributed by atoms with Gasteiger partial charge in [-0.15, -0.1) is 0 Å². The lowest BCUT2D eigenvalue weighted by atomic mass is 10.2. The molecule has 0 heterocycles. The van der Waals surface area contributed by atoms with E-state index in [1.807, 2.05) is 6.92 Å². The number of sulfone groups is 1. The van der Waals surface area contributed by atoms with Crippen molar-refractivity contribution in [3.63, 3.8) is 0 Å². The van der Waals surface area contributed by atoms with Gasteiger partial charge in [0.15, 0.2) is 5.44 Å². The number of aliphatic hydroxyl groups excluding tert-OH is 1. The van der Waals surface area contributed by atoms with Crippen molar-refractivity contribution in [2.45, 2.75) is 17.3 Å². The van der Waals surface area contributed by atoms with Crippen LogP contribution >= 0.6 is 0 Å². The van der Waals surface area contributed by atoms with Crippen molar-refractivity contribution in [3.05, 3.63) is 29.8 Å². The molecular weight excluding hydrogens is 216 g/mol. The molecule has 0 bridgehead atoms. The van der Waals surface area contributed by atoms with Gasteiger partial charge in [0.1, 0.15) is 0 Å². The highest BCUT2D eigenvalue weighted by Gasteiger charge is 2.26. The smallest absolute Gasteiger partial charge is 0.207 e. The van der Waals surface area contributed by atoms with E-state index in [1.165, 1.54) is 19.2 Å². The van der Waals surface area contributed by atoms with Gasteiger partial charge >= 0.3 is 0 Å². The molecule has 4 nitrogen and oxygen atoms in total. The predicted molar refractivity (Wildman–Crippen MR) is 56.2 cm³/mol. The first-order valence-corrected chi connectivity index (χ1v) is 6.01.